The molecule has 0 radical (unpaired) electrons. The van der Waals surface area contributed by atoms with E-state index in [9.17, 15) is 0 Å². The fourth-order valence-electron chi connectivity index (χ4n) is 3.87. The largest absolute Gasteiger partial charge is 0.315 e. The van der Waals surface area contributed by atoms with Crippen molar-refractivity contribution >= 4 is 0 Å². The molecule has 0 bridgehead atoms. The third-order valence-corrected chi connectivity index (χ3v) is 5.22. The fourth-order valence-corrected chi connectivity index (χ4v) is 3.87. The lowest BCUT2D eigenvalue weighted by Crippen LogP contribution is -2.59. The smallest absolute Gasteiger partial charge is 0.0357 e. The van der Waals surface area contributed by atoms with E-state index in [-0.39, 0.29) is 0 Å². The Hall–Kier alpha value is -0.0800. The molecule has 1 atom stereocenters. The van der Waals surface area contributed by atoms with Crippen molar-refractivity contribution in [3.63, 3.8) is 0 Å². The van der Waals surface area contributed by atoms with Gasteiger partial charge in [-0.2, -0.15) is 0 Å². The molecular weight excluding hydrogens is 208 g/mol. The van der Waals surface area contributed by atoms with Crippen LogP contribution in [0.25, 0.3) is 0 Å². The summed E-state index contributed by atoms with van der Waals surface area (Å²) in [6.45, 7) is 7.42. The van der Waals surface area contributed by atoms with Crippen LogP contribution < -0.4 is 5.32 Å². The first-order valence-electron chi connectivity index (χ1n) is 7.69. The van der Waals surface area contributed by atoms with Gasteiger partial charge in [-0.05, 0) is 58.2 Å². The molecule has 2 aliphatic rings. The highest BCUT2D eigenvalue weighted by Crippen LogP contribution is 2.40. The van der Waals surface area contributed by atoms with Crippen molar-refractivity contribution < 1.29 is 0 Å². The summed E-state index contributed by atoms with van der Waals surface area (Å²) in [6.07, 6.45) is 9.74. The number of likely N-dealkylation sites (tertiary alicyclic amines) is 1. The van der Waals surface area contributed by atoms with Crippen LogP contribution in [0, 0.1) is 5.92 Å². The summed E-state index contributed by atoms with van der Waals surface area (Å²) in [7, 11) is 2.17. The van der Waals surface area contributed by atoms with Gasteiger partial charge in [0.2, 0.25) is 0 Å². The second kappa shape index (κ2) is 5.71. The van der Waals surface area contributed by atoms with Crippen LogP contribution in [-0.4, -0.2) is 36.6 Å². The van der Waals surface area contributed by atoms with Gasteiger partial charge in [0.15, 0.2) is 0 Å². The Bertz CT molecular complexity index is 225. The minimum Gasteiger partial charge on any atom is -0.315 e. The quantitative estimate of drug-likeness (QED) is 0.733. The highest BCUT2D eigenvalue weighted by molar-refractivity contribution is 5.01. The van der Waals surface area contributed by atoms with E-state index in [2.05, 4.69) is 31.1 Å². The predicted molar refractivity (Wildman–Crippen MR) is 74.3 cm³/mol. The van der Waals surface area contributed by atoms with E-state index in [1.165, 1.54) is 58.0 Å². The van der Waals surface area contributed by atoms with Crippen molar-refractivity contribution in [2.45, 2.75) is 70.4 Å². The molecule has 0 amide bonds. The van der Waals surface area contributed by atoms with Gasteiger partial charge in [-0.3, -0.25) is 4.90 Å². The van der Waals surface area contributed by atoms with Crippen LogP contribution in [0.3, 0.4) is 0 Å². The monoisotopic (exact) mass is 238 g/mol. The molecule has 0 aromatic carbocycles. The van der Waals surface area contributed by atoms with Gasteiger partial charge in [0.25, 0.3) is 0 Å². The molecule has 1 N–H and O–H groups in total. The Balaban J connectivity index is 2.10. The van der Waals surface area contributed by atoms with Crippen molar-refractivity contribution in [1.82, 2.24) is 10.2 Å². The highest BCUT2D eigenvalue weighted by Gasteiger charge is 2.43. The number of rotatable bonds is 7. The maximum Gasteiger partial charge on any atom is 0.0357 e. The minimum atomic E-state index is 0.424. The van der Waals surface area contributed by atoms with E-state index in [0.717, 1.165) is 5.92 Å². The van der Waals surface area contributed by atoms with Crippen LogP contribution in [0.1, 0.15) is 58.8 Å². The van der Waals surface area contributed by atoms with Crippen LogP contribution in [0.4, 0.5) is 0 Å². The van der Waals surface area contributed by atoms with Crippen molar-refractivity contribution in [2.24, 2.45) is 5.92 Å². The summed E-state index contributed by atoms with van der Waals surface area (Å²) in [6, 6.07) is 0.697. The Kier molecular flexibility index (Phi) is 4.48. The van der Waals surface area contributed by atoms with E-state index in [0.29, 0.717) is 11.6 Å². The molecule has 2 heteroatoms. The molecule has 2 nitrogen and oxygen atoms in total. The Morgan fingerprint density at radius 3 is 2.18 bits per heavy atom. The summed E-state index contributed by atoms with van der Waals surface area (Å²) in [5, 5.41) is 3.65. The topological polar surface area (TPSA) is 15.3 Å². The van der Waals surface area contributed by atoms with Crippen molar-refractivity contribution in [3.8, 4) is 0 Å². The summed E-state index contributed by atoms with van der Waals surface area (Å²) >= 11 is 0. The van der Waals surface area contributed by atoms with E-state index in [4.69, 9.17) is 0 Å². The third-order valence-electron chi connectivity index (χ3n) is 5.22. The number of hydrogen-bond donors (Lipinski definition) is 1. The van der Waals surface area contributed by atoms with Gasteiger partial charge in [-0.25, -0.2) is 0 Å². The number of nitrogens with one attached hydrogen (secondary N) is 1. The number of nitrogens with zero attached hydrogens (tertiary/aromatic N) is 1. The van der Waals surface area contributed by atoms with Gasteiger partial charge in [0, 0.05) is 11.6 Å². The molecule has 2 fully saturated rings. The van der Waals surface area contributed by atoms with Crippen LogP contribution in [0.5, 0.6) is 0 Å². The van der Waals surface area contributed by atoms with Gasteiger partial charge >= 0.3 is 0 Å². The van der Waals surface area contributed by atoms with Gasteiger partial charge < -0.3 is 5.32 Å². The zero-order valence-electron chi connectivity index (χ0n) is 12.0. The van der Waals surface area contributed by atoms with Crippen molar-refractivity contribution in [2.75, 3.05) is 20.1 Å². The lowest BCUT2D eigenvalue weighted by molar-refractivity contribution is 0.0594. The minimum absolute atomic E-state index is 0.424. The van der Waals surface area contributed by atoms with Gasteiger partial charge in [-0.15, -0.1) is 0 Å². The maximum atomic E-state index is 3.65. The molecule has 2 rings (SSSR count). The van der Waals surface area contributed by atoms with E-state index >= 15 is 0 Å². The van der Waals surface area contributed by atoms with Crippen LogP contribution >= 0.6 is 0 Å². The first-order valence-corrected chi connectivity index (χ1v) is 7.69. The molecule has 1 aliphatic heterocycles. The van der Waals surface area contributed by atoms with Gasteiger partial charge in [-0.1, -0.05) is 26.7 Å². The lowest BCUT2D eigenvalue weighted by atomic mass is 9.80. The molecule has 0 aromatic rings. The summed E-state index contributed by atoms with van der Waals surface area (Å²) < 4.78 is 0. The molecule has 0 aromatic heterocycles. The first kappa shape index (κ1) is 13.4. The highest BCUT2D eigenvalue weighted by atomic mass is 15.2. The normalized spacial score (nSPS) is 24.2. The summed E-state index contributed by atoms with van der Waals surface area (Å²) in [4.78, 5) is 2.79. The number of likely N-dealkylation sites (N-methyl/N-ethyl adjacent to an activating group) is 1. The lowest BCUT2D eigenvalue weighted by Gasteiger charge is -2.47. The molecule has 1 aliphatic carbocycles. The second-order valence-corrected chi connectivity index (χ2v) is 6.03. The van der Waals surface area contributed by atoms with Crippen molar-refractivity contribution in [1.29, 1.82) is 0 Å². The van der Waals surface area contributed by atoms with Gasteiger partial charge in [0.1, 0.15) is 0 Å². The molecule has 1 saturated carbocycles. The predicted octanol–water partition coefficient (Wildman–Crippen LogP) is 3.03. The Morgan fingerprint density at radius 2 is 1.76 bits per heavy atom. The average Bonchev–Trinajstić information content (AvgIpc) is 3.01. The van der Waals surface area contributed by atoms with Crippen LogP contribution in [-0.2, 0) is 0 Å². The zero-order valence-corrected chi connectivity index (χ0v) is 12.0. The summed E-state index contributed by atoms with van der Waals surface area (Å²) in [5.41, 5.74) is 0.424. The van der Waals surface area contributed by atoms with E-state index in [1.54, 1.807) is 0 Å². The third kappa shape index (κ3) is 2.68. The molecule has 1 heterocycles. The van der Waals surface area contributed by atoms with Crippen LogP contribution in [0.2, 0.25) is 0 Å². The zero-order chi connectivity index (χ0) is 12.3. The molecule has 1 unspecified atom stereocenters. The fraction of sp³-hybridized carbons (Fsp3) is 1.00. The van der Waals surface area contributed by atoms with Gasteiger partial charge in [0.05, 0.1) is 0 Å². The standard InChI is InChI=1S/C15H30N2/c1-4-15(5-2,17-10-6-7-11-17)14(16-3)12-13-8-9-13/h13-14,16H,4-12H2,1-3H3. The Morgan fingerprint density at radius 1 is 1.18 bits per heavy atom. The Labute approximate surface area is 107 Å². The molecule has 1 saturated heterocycles. The van der Waals surface area contributed by atoms with Crippen LogP contribution in [0.15, 0.2) is 0 Å². The average molecular weight is 238 g/mol. The first-order chi connectivity index (χ1) is 8.26. The maximum absolute atomic E-state index is 3.65. The molecular formula is C15H30N2. The van der Waals surface area contributed by atoms with E-state index < -0.39 is 0 Å². The molecule has 100 valence electrons. The molecule has 17 heavy (non-hydrogen) atoms. The summed E-state index contributed by atoms with van der Waals surface area (Å²) in [5.74, 6) is 1.02. The number of hydrogen-bond acceptors (Lipinski definition) is 2. The van der Waals surface area contributed by atoms with E-state index in [1.807, 2.05) is 0 Å². The SMILES string of the molecule is CCC(CC)(C(CC1CC1)NC)N1CCCC1. The van der Waals surface area contributed by atoms with Crippen molar-refractivity contribution in [3.05, 3.63) is 0 Å². The second-order valence-electron chi connectivity index (χ2n) is 6.03. The molecule has 0 spiro atoms.